The maximum absolute atomic E-state index is 15.0. The number of carbonyl (C=O) groups is 3. The second-order valence-electron chi connectivity index (χ2n) is 10.9. The molecule has 1 fully saturated rings. The fourth-order valence-electron chi connectivity index (χ4n) is 4.92. The fourth-order valence-corrected chi connectivity index (χ4v) is 4.92. The molecule has 10 heteroatoms. The van der Waals surface area contributed by atoms with Crippen molar-refractivity contribution in [2.45, 2.75) is 78.3 Å². The van der Waals surface area contributed by atoms with Gasteiger partial charge in [0.05, 0.1) is 12.3 Å². The number of hydrogen-bond donors (Lipinski definition) is 3. The molecule has 6 unspecified atom stereocenters. The first-order valence-corrected chi connectivity index (χ1v) is 13.7. The minimum absolute atomic E-state index is 0.0176. The first-order valence-electron chi connectivity index (χ1n) is 13.7. The van der Waals surface area contributed by atoms with Crippen LogP contribution in [0.3, 0.4) is 0 Å². The molecule has 1 aromatic heterocycles. The topological polar surface area (TPSA) is 125 Å². The molecular weight excluding hydrogens is 503 g/mol. The molecule has 1 saturated heterocycles. The highest BCUT2D eigenvalue weighted by molar-refractivity contribution is 5.95. The summed E-state index contributed by atoms with van der Waals surface area (Å²) in [5.41, 5.74) is 0.901. The van der Waals surface area contributed by atoms with E-state index in [1.807, 2.05) is 20.8 Å². The Morgan fingerprint density at radius 1 is 1.21 bits per heavy atom. The summed E-state index contributed by atoms with van der Waals surface area (Å²) in [6, 6.07) is -0.738. The van der Waals surface area contributed by atoms with Gasteiger partial charge in [-0.25, -0.2) is 14.2 Å². The van der Waals surface area contributed by atoms with Crippen molar-refractivity contribution in [2.24, 2.45) is 17.8 Å². The Morgan fingerprint density at radius 2 is 1.95 bits per heavy atom. The SMILES string of the molecule is CC1=CC(O)C(C)C(F)Cc2ncc([nH]2)C(=O)N2CCCC2C(=O)OC(C(C)C)C(C)/C=C/C(=O)NCC=C1. The van der Waals surface area contributed by atoms with Gasteiger partial charge in [0, 0.05) is 31.3 Å². The van der Waals surface area contributed by atoms with Gasteiger partial charge >= 0.3 is 5.97 Å². The smallest absolute Gasteiger partial charge is 0.329 e. The van der Waals surface area contributed by atoms with E-state index in [4.69, 9.17) is 4.74 Å². The van der Waals surface area contributed by atoms with Crippen LogP contribution < -0.4 is 5.32 Å². The minimum atomic E-state index is -1.42. The predicted octanol–water partition coefficient (Wildman–Crippen LogP) is 3.28. The lowest BCUT2D eigenvalue weighted by Gasteiger charge is -2.29. The summed E-state index contributed by atoms with van der Waals surface area (Å²) in [4.78, 5) is 47.3. The normalized spacial score (nSPS) is 30.9. The summed E-state index contributed by atoms with van der Waals surface area (Å²) < 4.78 is 20.9. The molecule has 39 heavy (non-hydrogen) atoms. The number of aromatic amines is 1. The van der Waals surface area contributed by atoms with Crippen molar-refractivity contribution < 1.29 is 28.6 Å². The third kappa shape index (κ3) is 8.11. The van der Waals surface area contributed by atoms with Gasteiger partial charge in [-0.3, -0.25) is 9.59 Å². The lowest BCUT2D eigenvalue weighted by Crippen LogP contribution is -2.44. The Kier molecular flexibility index (Phi) is 10.6. The van der Waals surface area contributed by atoms with Crippen LogP contribution in [0, 0.1) is 17.8 Å². The third-order valence-corrected chi connectivity index (χ3v) is 7.33. The van der Waals surface area contributed by atoms with Gasteiger partial charge in [-0.05, 0) is 31.8 Å². The number of allylic oxidation sites excluding steroid dienone is 2. The first kappa shape index (κ1) is 30.3. The summed E-state index contributed by atoms with van der Waals surface area (Å²) in [5, 5.41) is 13.3. The Balaban J connectivity index is 1.88. The zero-order valence-corrected chi connectivity index (χ0v) is 23.4. The van der Waals surface area contributed by atoms with Crippen LogP contribution >= 0.6 is 0 Å². The number of rotatable bonds is 1. The van der Waals surface area contributed by atoms with Crippen LogP contribution in [-0.4, -0.2) is 75.3 Å². The van der Waals surface area contributed by atoms with Gasteiger partial charge in [-0.2, -0.15) is 0 Å². The van der Waals surface area contributed by atoms with Gasteiger partial charge in [0.15, 0.2) is 0 Å². The maximum atomic E-state index is 15.0. The number of fused-ring (bicyclic) bond motifs is 3. The number of esters is 1. The molecule has 0 spiro atoms. The number of alkyl halides is 1. The molecule has 2 bridgehead atoms. The molecule has 3 N–H and O–H groups in total. The number of halogens is 1. The number of hydrogen-bond acceptors (Lipinski definition) is 6. The predicted molar refractivity (Wildman–Crippen MR) is 145 cm³/mol. The molecule has 6 atom stereocenters. The van der Waals surface area contributed by atoms with Gasteiger partial charge in [-0.1, -0.05) is 57.6 Å². The van der Waals surface area contributed by atoms with Crippen molar-refractivity contribution in [2.75, 3.05) is 13.1 Å². The Labute approximate surface area is 229 Å². The molecule has 0 radical (unpaired) electrons. The van der Waals surface area contributed by atoms with E-state index in [-0.39, 0.29) is 36.4 Å². The second-order valence-corrected chi connectivity index (χ2v) is 10.9. The highest BCUT2D eigenvalue weighted by Gasteiger charge is 2.38. The maximum Gasteiger partial charge on any atom is 0.329 e. The quantitative estimate of drug-likeness (QED) is 0.466. The summed E-state index contributed by atoms with van der Waals surface area (Å²) >= 11 is 0. The molecule has 2 aliphatic rings. The number of carbonyl (C=O) groups excluding carboxylic acids is 3. The van der Waals surface area contributed by atoms with Gasteiger partial charge in [-0.15, -0.1) is 0 Å². The van der Waals surface area contributed by atoms with E-state index in [1.165, 1.54) is 17.2 Å². The molecule has 9 nitrogen and oxygen atoms in total. The molecule has 1 aromatic rings. The number of aliphatic hydroxyl groups is 1. The minimum Gasteiger partial charge on any atom is -0.460 e. The van der Waals surface area contributed by atoms with Crippen LogP contribution in [0.2, 0.25) is 0 Å². The van der Waals surface area contributed by atoms with Crippen LogP contribution in [0.5, 0.6) is 0 Å². The van der Waals surface area contributed by atoms with E-state index in [1.54, 1.807) is 38.2 Å². The molecular formula is C29H41FN4O5. The molecule has 2 aliphatic heterocycles. The number of H-pyrrole nitrogens is 1. The standard InChI is InChI=1S/C29H41FN4O5/c1-17(2)27-19(4)10-11-26(36)31-12-6-8-18(3)14-24(35)20(5)21(30)15-25-32-16-22(33-25)28(37)34-13-7-9-23(34)29(38)39-27/h6,8,10-11,14,16-17,19-21,23-24,27,35H,7,9,12-13,15H2,1-5H3,(H,31,36)(H,32,33)/b8-6?,11-10+,18-14?. The number of aliphatic hydroxyl groups excluding tert-OH is 1. The molecule has 3 rings (SSSR count). The first-order chi connectivity index (χ1) is 18.5. The molecule has 2 amide bonds. The summed E-state index contributed by atoms with van der Waals surface area (Å²) in [5.74, 6) is -1.86. The zero-order valence-electron chi connectivity index (χ0n) is 23.4. The zero-order chi connectivity index (χ0) is 28.7. The highest BCUT2D eigenvalue weighted by atomic mass is 19.1. The summed E-state index contributed by atoms with van der Waals surface area (Å²) in [6.45, 7) is 9.82. The Hall–Kier alpha value is -3.27. The van der Waals surface area contributed by atoms with Gasteiger partial charge < -0.3 is 25.0 Å². The van der Waals surface area contributed by atoms with Gasteiger partial charge in [0.2, 0.25) is 5.91 Å². The Bertz CT molecular complexity index is 1110. The average Bonchev–Trinajstić information content (AvgIpc) is 3.56. The van der Waals surface area contributed by atoms with Crippen LogP contribution in [0.15, 0.2) is 42.2 Å². The number of nitrogens with zero attached hydrogens (tertiary/aromatic N) is 2. The molecule has 3 heterocycles. The van der Waals surface area contributed by atoms with Crippen molar-refractivity contribution in [3.8, 4) is 0 Å². The van der Waals surface area contributed by atoms with E-state index in [2.05, 4.69) is 15.3 Å². The van der Waals surface area contributed by atoms with Crippen molar-refractivity contribution in [3.63, 3.8) is 0 Å². The fraction of sp³-hybridized carbons (Fsp3) is 0.586. The van der Waals surface area contributed by atoms with Crippen molar-refractivity contribution >= 4 is 17.8 Å². The van der Waals surface area contributed by atoms with E-state index in [9.17, 15) is 19.5 Å². The number of amides is 2. The lowest BCUT2D eigenvalue weighted by molar-refractivity contribution is -0.158. The largest absolute Gasteiger partial charge is 0.460 e. The number of imidazole rings is 1. The van der Waals surface area contributed by atoms with Crippen LogP contribution in [-0.2, 0) is 20.7 Å². The van der Waals surface area contributed by atoms with Crippen molar-refractivity contribution in [1.82, 2.24) is 20.2 Å². The van der Waals surface area contributed by atoms with E-state index in [0.29, 0.717) is 25.2 Å². The molecule has 0 saturated carbocycles. The summed E-state index contributed by atoms with van der Waals surface area (Å²) in [7, 11) is 0. The number of cyclic esters (lactones) is 1. The second kappa shape index (κ2) is 13.7. The van der Waals surface area contributed by atoms with Gasteiger partial charge in [0.25, 0.3) is 5.91 Å². The van der Waals surface area contributed by atoms with Crippen LogP contribution in [0.4, 0.5) is 4.39 Å². The average molecular weight is 545 g/mol. The monoisotopic (exact) mass is 544 g/mol. The summed E-state index contributed by atoms with van der Waals surface area (Å²) in [6.07, 6.45) is 7.64. The van der Waals surface area contributed by atoms with Crippen molar-refractivity contribution in [3.05, 3.63) is 53.7 Å². The highest BCUT2D eigenvalue weighted by Crippen LogP contribution is 2.25. The van der Waals surface area contributed by atoms with Crippen molar-refractivity contribution in [1.29, 1.82) is 0 Å². The van der Waals surface area contributed by atoms with E-state index in [0.717, 1.165) is 5.57 Å². The van der Waals surface area contributed by atoms with Gasteiger partial charge in [0.1, 0.15) is 29.8 Å². The van der Waals surface area contributed by atoms with E-state index >= 15 is 4.39 Å². The molecule has 214 valence electrons. The third-order valence-electron chi connectivity index (χ3n) is 7.33. The lowest BCUT2D eigenvalue weighted by atomic mass is 9.94. The molecule has 0 aromatic carbocycles. The number of ether oxygens (including phenoxy) is 1. The van der Waals surface area contributed by atoms with Crippen LogP contribution in [0.1, 0.15) is 63.8 Å². The molecule has 0 aliphatic carbocycles. The number of aromatic nitrogens is 2. The van der Waals surface area contributed by atoms with Crippen LogP contribution in [0.25, 0.3) is 0 Å². The Morgan fingerprint density at radius 3 is 2.67 bits per heavy atom. The van der Waals surface area contributed by atoms with E-state index < -0.39 is 42.2 Å². The number of nitrogens with one attached hydrogen (secondary N) is 2.